The lowest BCUT2D eigenvalue weighted by Gasteiger charge is -2.09. The quantitative estimate of drug-likeness (QED) is 0.681. The number of amides is 1. The summed E-state index contributed by atoms with van der Waals surface area (Å²) in [5, 5.41) is 12.2. The van der Waals surface area contributed by atoms with E-state index in [0.29, 0.717) is 16.5 Å². The van der Waals surface area contributed by atoms with Crippen LogP contribution in [0.4, 0.5) is 0 Å². The van der Waals surface area contributed by atoms with E-state index < -0.39 is 5.97 Å². The summed E-state index contributed by atoms with van der Waals surface area (Å²) in [6.07, 6.45) is 0. The summed E-state index contributed by atoms with van der Waals surface area (Å²) in [6, 6.07) is 13.3. The Morgan fingerprint density at radius 1 is 1.08 bits per heavy atom. The van der Waals surface area contributed by atoms with Gasteiger partial charge in [0.25, 0.3) is 5.91 Å². The lowest BCUT2D eigenvalue weighted by atomic mass is 10.1. The van der Waals surface area contributed by atoms with Gasteiger partial charge in [0.05, 0.1) is 5.56 Å². The van der Waals surface area contributed by atoms with Crippen molar-refractivity contribution in [1.82, 2.24) is 10.3 Å². The molecule has 1 amide bonds. The second-order valence-electron chi connectivity index (χ2n) is 5.68. The number of carbonyl (C=O) groups is 2. The highest BCUT2D eigenvalue weighted by Crippen LogP contribution is 2.11. The number of aromatic nitrogens is 1. The predicted octanol–water partition coefficient (Wildman–Crippen LogP) is 2.46. The van der Waals surface area contributed by atoms with Crippen molar-refractivity contribution in [2.24, 2.45) is 0 Å². The number of para-hydroxylation sites is 1. The van der Waals surface area contributed by atoms with Crippen molar-refractivity contribution < 1.29 is 14.7 Å². The molecule has 0 saturated carbocycles. The summed E-state index contributed by atoms with van der Waals surface area (Å²) in [5.74, 6) is -1.39. The number of carboxylic acids is 1. The first-order chi connectivity index (χ1) is 12.0. The van der Waals surface area contributed by atoms with Crippen LogP contribution in [-0.4, -0.2) is 22.0 Å². The molecule has 6 heteroatoms. The topological polar surface area (TPSA) is 99.3 Å². The van der Waals surface area contributed by atoms with Crippen LogP contribution < -0.4 is 10.7 Å². The van der Waals surface area contributed by atoms with Gasteiger partial charge in [-0.05, 0) is 36.8 Å². The number of rotatable bonds is 4. The van der Waals surface area contributed by atoms with Gasteiger partial charge in [0.1, 0.15) is 5.69 Å². The van der Waals surface area contributed by atoms with Crippen molar-refractivity contribution in [2.45, 2.75) is 13.5 Å². The van der Waals surface area contributed by atoms with Crippen LogP contribution in [0.15, 0.2) is 53.3 Å². The number of aromatic amines is 1. The highest BCUT2D eigenvalue weighted by molar-refractivity contribution is 5.96. The number of benzene rings is 2. The smallest absolute Gasteiger partial charge is 0.335 e. The van der Waals surface area contributed by atoms with Gasteiger partial charge in [-0.1, -0.05) is 24.3 Å². The molecule has 3 rings (SSSR count). The van der Waals surface area contributed by atoms with E-state index in [-0.39, 0.29) is 29.1 Å². The minimum absolute atomic E-state index is 0.176. The Balaban J connectivity index is 1.81. The highest BCUT2D eigenvalue weighted by Gasteiger charge is 2.14. The minimum atomic E-state index is -1.00. The van der Waals surface area contributed by atoms with Gasteiger partial charge in [0.2, 0.25) is 0 Å². The highest BCUT2D eigenvalue weighted by atomic mass is 16.4. The van der Waals surface area contributed by atoms with Gasteiger partial charge in [0.15, 0.2) is 5.43 Å². The maximum atomic E-state index is 12.4. The Labute approximate surface area is 143 Å². The number of carboxylic acid groups (broad SMARTS) is 1. The average Bonchev–Trinajstić information content (AvgIpc) is 2.63. The molecular formula is C19H16N2O4. The summed E-state index contributed by atoms with van der Waals surface area (Å²) in [5.41, 5.74) is 1.96. The number of hydrogen-bond acceptors (Lipinski definition) is 3. The van der Waals surface area contributed by atoms with E-state index in [1.807, 2.05) is 0 Å². The zero-order valence-electron chi connectivity index (χ0n) is 13.5. The van der Waals surface area contributed by atoms with Crippen LogP contribution >= 0.6 is 0 Å². The minimum Gasteiger partial charge on any atom is -0.478 e. The van der Waals surface area contributed by atoms with E-state index in [9.17, 15) is 14.4 Å². The maximum absolute atomic E-state index is 12.4. The van der Waals surface area contributed by atoms with Gasteiger partial charge in [0, 0.05) is 23.0 Å². The molecule has 2 aromatic carbocycles. The van der Waals surface area contributed by atoms with E-state index in [4.69, 9.17) is 5.11 Å². The summed E-state index contributed by atoms with van der Waals surface area (Å²) in [7, 11) is 0. The number of aromatic carboxylic acids is 1. The number of carbonyl (C=O) groups excluding carboxylic acids is 1. The largest absolute Gasteiger partial charge is 0.478 e. The second-order valence-corrected chi connectivity index (χ2v) is 5.68. The van der Waals surface area contributed by atoms with Crippen molar-refractivity contribution in [2.75, 3.05) is 0 Å². The Morgan fingerprint density at radius 2 is 1.76 bits per heavy atom. The number of hydrogen-bond donors (Lipinski definition) is 3. The number of H-pyrrole nitrogens is 1. The van der Waals surface area contributed by atoms with E-state index in [0.717, 1.165) is 5.56 Å². The maximum Gasteiger partial charge on any atom is 0.335 e. The van der Waals surface area contributed by atoms with Crippen molar-refractivity contribution in [1.29, 1.82) is 0 Å². The van der Waals surface area contributed by atoms with Crippen LogP contribution in [-0.2, 0) is 6.54 Å². The third-order valence-corrected chi connectivity index (χ3v) is 4.03. The molecule has 0 atom stereocenters. The molecule has 3 N–H and O–H groups in total. The number of pyridine rings is 1. The van der Waals surface area contributed by atoms with Gasteiger partial charge in [-0.3, -0.25) is 9.59 Å². The first kappa shape index (κ1) is 16.4. The molecule has 3 aromatic rings. The summed E-state index contributed by atoms with van der Waals surface area (Å²) in [6.45, 7) is 1.84. The van der Waals surface area contributed by atoms with Crippen LogP contribution in [0.3, 0.4) is 0 Å². The molecular weight excluding hydrogens is 320 g/mol. The van der Waals surface area contributed by atoms with Crippen LogP contribution in [0, 0.1) is 6.92 Å². The Bertz CT molecular complexity index is 1020. The second kappa shape index (κ2) is 6.60. The predicted molar refractivity (Wildman–Crippen MR) is 93.9 cm³/mol. The molecule has 126 valence electrons. The standard InChI is InChI=1S/C19H16N2O4/c1-11-16(21-15-5-3-2-4-14(15)17(11)22)18(23)20-10-12-6-8-13(9-7-12)19(24)25/h2-9H,10H2,1H3,(H,20,23)(H,21,22)(H,24,25). The monoisotopic (exact) mass is 336 g/mol. The molecule has 1 aromatic heterocycles. The van der Waals surface area contributed by atoms with Gasteiger partial charge in [-0.15, -0.1) is 0 Å². The molecule has 0 spiro atoms. The zero-order valence-corrected chi connectivity index (χ0v) is 13.5. The molecule has 0 aliphatic rings. The van der Waals surface area contributed by atoms with Gasteiger partial charge >= 0.3 is 5.97 Å². The van der Waals surface area contributed by atoms with Crippen molar-refractivity contribution in [3.05, 3.63) is 81.1 Å². The van der Waals surface area contributed by atoms with Crippen molar-refractivity contribution in [3.63, 3.8) is 0 Å². The molecule has 0 aliphatic carbocycles. The molecule has 0 bridgehead atoms. The number of nitrogens with one attached hydrogen (secondary N) is 2. The molecule has 0 aliphatic heterocycles. The SMILES string of the molecule is Cc1c(C(=O)NCc2ccc(C(=O)O)cc2)[nH]c2ccccc2c1=O. The Kier molecular flexibility index (Phi) is 4.35. The average molecular weight is 336 g/mol. The van der Waals surface area contributed by atoms with E-state index in [2.05, 4.69) is 10.3 Å². The fraction of sp³-hybridized carbons (Fsp3) is 0.105. The van der Waals surface area contributed by atoms with Crippen molar-refractivity contribution >= 4 is 22.8 Å². The van der Waals surface area contributed by atoms with Gasteiger partial charge in [-0.25, -0.2) is 4.79 Å². The summed E-state index contributed by atoms with van der Waals surface area (Å²) >= 11 is 0. The first-order valence-electron chi connectivity index (χ1n) is 7.69. The zero-order chi connectivity index (χ0) is 18.0. The Hall–Kier alpha value is -3.41. The fourth-order valence-electron chi connectivity index (χ4n) is 2.60. The normalized spacial score (nSPS) is 10.6. The molecule has 6 nitrogen and oxygen atoms in total. The van der Waals surface area contributed by atoms with E-state index in [1.165, 1.54) is 12.1 Å². The van der Waals surface area contributed by atoms with Crippen LogP contribution in [0.25, 0.3) is 10.9 Å². The van der Waals surface area contributed by atoms with Crippen LogP contribution in [0.2, 0.25) is 0 Å². The van der Waals surface area contributed by atoms with E-state index in [1.54, 1.807) is 43.3 Å². The lowest BCUT2D eigenvalue weighted by Crippen LogP contribution is -2.27. The third kappa shape index (κ3) is 3.28. The third-order valence-electron chi connectivity index (χ3n) is 4.03. The molecule has 0 radical (unpaired) electrons. The summed E-state index contributed by atoms with van der Waals surface area (Å²) < 4.78 is 0. The lowest BCUT2D eigenvalue weighted by molar-refractivity contribution is 0.0696. The number of fused-ring (bicyclic) bond motifs is 1. The molecule has 0 saturated heterocycles. The molecule has 25 heavy (non-hydrogen) atoms. The first-order valence-corrected chi connectivity index (χ1v) is 7.69. The van der Waals surface area contributed by atoms with Crippen LogP contribution in [0.5, 0.6) is 0 Å². The van der Waals surface area contributed by atoms with E-state index >= 15 is 0 Å². The summed E-state index contributed by atoms with van der Waals surface area (Å²) in [4.78, 5) is 38.7. The van der Waals surface area contributed by atoms with Gasteiger partial charge < -0.3 is 15.4 Å². The van der Waals surface area contributed by atoms with Gasteiger partial charge in [-0.2, -0.15) is 0 Å². The van der Waals surface area contributed by atoms with Crippen LogP contribution in [0.1, 0.15) is 32.0 Å². The molecule has 0 fully saturated rings. The fourth-order valence-corrected chi connectivity index (χ4v) is 2.60. The molecule has 0 unspecified atom stereocenters. The van der Waals surface area contributed by atoms with Crippen molar-refractivity contribution in [3.8, 4) is 0 Å². The Morgan fingerprint density at radius 3 is 2.44 bits per heavy atom. The molecule has 1 heterocycles.